The molecule has 3 aromatic rings. The summed E-state index contributed by atoms with van der Waals surface area (Å²) in [6, 6.07) is 13.0. The van der Waals surface area contributed by atoms with Crippen molar-refractivity contribution in [2.45, 2.75) is 20.5 Å². The number of benzene rings is 2. The first-order valence-corrected chi connectivity index (χ1v) is 8.55. The minimum atomic E-state index is -0.130. The van der Waals surface area contributed by atoms with Crippen LogP contribution in [0.5, 0.6) is 5.75 Å². The largest absolute Gasteiger partial charge is 0.487 e. The molecular formula is C19H18N2O2S. The summed E-state index contributed by atoms with van der Waals surface area (Å²) in [5, 5.41) is 4.90. The molecule has 0 radical (unpaired) electrons. The maximum atomic E-state index is 12.4. The summed E-state index contributed by atoms with van der Waals surface area (Å²) >= 11 is 1.54. The van der Waals surface area contributed by atoms with Crippen molar-refractivity contribution in [1.29, 1.82) is 0 Å². The Labute approximate surface area is 145 Å². The molecule has 0 spiro atoms. The third kappa shape index (κ3) is 3.81. The van der Waals surface area contributed by atoms with Gasteiger partial charge in [-0.1, -0.05) is 12.1 Å². The van der Waals surface area contributed by atoms with Crippen LogP contribution in [0.2, 0.25) is 0 Å². The molecular weight excluding hydrogens is 320 g/mol. The molecule has 0 bridgehead atoms. The summed E-state index contributed by atoms with van der Waals surface area (Å²) in [6.07, 6.45) is 0. The Morgan fingerprint density at radius 2 is 1.96 bits per heavy atom. The molecule has 0 aliphatic heterocycles. The molecule has 5 heteroatoms. The zero-order valence-corrected chi connectivity index (χ0v) is 14.4. The quantitative estimate of drug-likeness (QED) is 0.740. The number of hydrogen-bond donors (Lipinski definition) is 1. The second-order valence-electron chi connectivity index (χ2n) is 5.49. The fraction of sp³-hybridized carbons (Fsp3) is 0.158. The summed E-state index contributed by atoms with van der Waals surface area (Å²) in [6.45, 7) is 4.46. The molecule has 2 aromatic carbocycles. The van der Waals surface area contributed by atoms with Crippen molar-refractivity contribution in [2.24, 2.45) is 0 Å². The van der Waals surface area contributed by atoms with Crippen LogP contribution in [0.4, 0.5) is 5.69 Å². The van der Waals surface area contributed by atoms with E-state index in [2.05, 4.69) is 10.3 Å². The van der Waals surface area contributed by atoms with Crippen molar-refractivity contribution in [1.82, 2.24) is 4.98 Å². The number of carbonyl (C=O) groups is 1. The van der Waals surface area contributed by atoms with Crippen molar-refractivity contribution < 1.29 is 9.53 Å². The van der Waals surface area contributed by atoms with Gasteiger partial charge in [0.2, 0.25) is 0 Å². The first-order valence-electron chi connectivity index (χ1n) is 7.61. The molecule has 0 atom stereocenters. The molecule has 4 nitrogen and oxygen atoms in total. The van der Waals surface area contributed by atoms with E-state index >= 15 is 0 Å². The summed E-state index contributed by atoms with van der Waals surface area (Å²) < 4.78 is 5.65. The Morgan fingerprint density at radius 1 is 1.17 bits per heavy atom. The van der Waals surface area contributed by atoms with E-state index in [0.717, 1.165) is 22.5 Å². The molecule has 0 aliphatic rings. The predicted molar refractivity (Wildman–Crippen MR) is 96.8 cm³/mol. The Balaban J connectivity index is 1.64. The summed E-state index contributed by atoms with van der Waals surface area (Å²) in [5.74, 6) is 0.584. The highest BCUT2D eigenvalue weighted by atomic mass is 32.1. The fourth-order valence-corrected chi connectivity index (χ4v) is 2.79. The van der Waals surface area contributed by atoms with E-state index in [-0.39, 0.29) is 5.91 Å². The highest BCUT2D eigenvalue weighted by molar-refractivity contribution is 7.07. The van der Waals surface area contributed by atoms with Crippen LogP contribution in [-0.4, -0.2) is 10.9 Å². The minimum Gasteiger partial charge on any atom is -0.487 e. The topological polar surface area (TPSA) is 51.2 Å². The lowest BCUT2D eigenvalue weighted by atomic mass is 10.1. The highest BCUT2D eigenvalue weighted by Crippen LogP contribution is 2.20. The number of rotatable bonds is 5. The monoisotopic (exact) mass is 338 g/mol. The second kappa shape index (κ2) is 7.27. The van der Waals surface area contributed by atoms with Crippen molar-refractivity contribution in [3.05, 3.63) is 75.7 Å². The summed E-state index contributed by atoms with van der Waals surface area (Å²) in [7, 11) is 0. The molecule has 1 N–H and O–H groups in total. The van der Waals surface area contributed by atoms with Crippen LogP contribution in [0.15, 0.2) is 53.4 Å². The van der Waals surface area contributed by atoms with Crippen molar-refractivity contribution >= 4 is 22.9 Å². The summed E-state index contributed by atoms with van der Waals surface area (Å²) in [4.78, 5) is 16.5. The van der Waals surface area contributed by atoms with Gasteiger partial charge in [0.25, 0.3) is 5.91 Å². The molecule has 0 unspecified atom stereocenters. The van der Waals surface area contributed by atoms with E-state index < -0.39 is 0 Å². The zero-order valence-electron chi connectivity index (χ0n) is 13.6. The molecule has 0 saturated heterocycles. The summed E-state index contributed by atoms with van der Waals surface area (Å²) in [5.41, 5.74) is 6.34. The standard InChI is InChI=1S/C19H18N2O2S/c1-13-4-3-5-18(14(13)2)21-19(22)15-6-8-17(9-7-15)23-10-16-11-24-12-20-16/h3-9,11-12H,10H2,1-2H3,(H,21,22). The Hall–Kier alpha value is -2.66. The third-order valence-corrected chi connectivity index (χ3v) is 4.47. The Kier molecular flexibility index (Phi) is 4.91. The van der Waals surface area contributed by atoms with Gasteiger partial charge in [-0.25, -0.2) is 4.98 Å². The highest BCUT2D eigenvalue weighted by Gasteiger charge is 2.09. The molecule has 1 heterocycles. The number of nitrogens with one attached hydrogen (secondary N) is 1. The van der Waals surface area contributed by atoms with Gasteiger partial charge in [0.15, 0.2) is 0 Å². The van der Waals surface area contributed by atoms with Gasteiger partial charge in [0.05, 0.1) is 11.2 Å². The number of anilines is 1. The van der Waals surface area contributed by atoms with E-state index in [1.54, 1.807) is 41.1 Å². The number of aromatic nitrogens is 1. The maximum Gasteiger partial charge on any atom is 0.255 e. The van der Waals surface area contributed by atoms with Crippen LogP contribution in [-0.2, 0) is 6.61 Å². The number of hydrogen-bond acceptors (Lipinski definition) is 4. The number of thiazole rings is 1. The first-order chi connectivity index (χ1) is 11.6. The predicted octanol–water partition coefficient (Wildman–Crippen LogP) is 4.59. The normalized spacial score (nSPS) is 10.4. The maximum absolute atomic E-state index is 12.4. The average Bonchev–Trinajstić information content (AvgIpc) is 3.11. The molecule has 122 valence electrons. The van der Waals surface area contributed by atoms with Gasteiger partial charge in [0.1, 0.15) is 12.4 Å². The van der Waals surface area contributed by atoms with E-state index in [1.807, 2.05) is 37.4 Å². The van der Waals surface area contributed by atoms with E-state index in [9.17, 15) is 4.79 Å². The first kappa shape index (κ1) is 16.2. The van der Waals surface area contributed by atoms with Crippen LogP contribution in [0.1, 0.15) is 27.2 Å². The number of ether oxygens (including phenoxy) is 1. The smallest absolute Gasteiger partial charge is 0.255 e. The van der Waals surface area contributed by atoms with Crippen LogP contribution < -0.4 is 10.1 Å². The lowest BCUT2D eigenvalue weighted by Gasteiger charge is -2.11. The van der Waals surface area contributed by atoms with Gasteiger partial charge in [-0.3, -0.25) is 4.79 Å². The number of amides is 1. The van der Waals surface area contributed by atoms with Gasteiger partial charge < -0.3 is 10.1 Å². The third-order valence-electron chi connectivity index (χ3n) is 3.84. The van der Waals surface area contributed by atoms with Gasteiger partial charge in [-0.15, -0.1) is 11.3 Å². The number of nitrogens with zero attached hydrogens (tertiary/aromatic N) is 1. The Bertz CT molecular complexity index is 827. The van der Waals surface area contributed by atoms with Crippen LogP contribution in [0, 0.1) is 13.8 Å². The van der Waals surface area contributed by atoms with Gasteiger partial charge in [0, 0.05) is 16.6 Å². The lowest BCUT2D eigenvalue weighted by molar-refractivity contribution is 0.102. The SMILES string of the molecule is Cc1cccc(NC(=O)c2ccc(OCc3cscn3)cc2)c1C. The van der Waals surface area contributed by atoms with Crippen LogP contribution >= 0.6 is 11.3 Å². The molecule has 0 aliphatic carbocycles. The molecule has 0 saturated carbocycles. The van der Waals surface area contributed by atoms with Crippen molar-refractivity contribution in [2.75, 3.05) is 5.32 Å². The lowest BCUT2D eigenvalue weighted by Crippen LogP contribution is -2.13. The molecule has 1 aromatic heterocycles. The van der Waals surface area contributed by atoms with Crippen LogP contribution in [0.25, 0.3) is 0 Å². The molecule has 0 fully saturated rings. The second-order valence-corrected chi connectivity index (χ2v) is 6.21. The zero-order chi connectivity index (χ0) is 16.9. The van der Waals surface area contributed by atoms with Gasteiger partial charge in [-0.2, -0.15) is 0 Å². The molecule has 1 amide bonds. The van der Waals surface area contributed by atoms with Crippen molar-refractivity contribution in [3.8, 4) is 5.75 Å². The van der Waals surface area contributed by atoms with Crippen LogP contribution in [0.3, 0.4) is 0 Å². The number of carbonyl (C=O) groups excluding carboxylic acids is 1. The Morgan fingerprint density at radius 3 is 2.67 bits per heavy atom. The average molecular weight is 338 g/mol. The molecule has 3 rings (SSSR count). The molecule has 24 heavy (non-hydrogen) atoms. The number of aryl methyl sites for hydroxylation is 1. The van der Waals surface area contributed by atoms with E-state index in [0.29, 0.717) is 17.9 Å². The van der Waals surface area contributed by atoms with Gasteiger partial charge >= 0.3 is 0 Å². The fourth-order valence-electron chi connectivity index (χ4n) is 2.25. The van der Waals surface area contributed by atoms with E-state index in [4.69, 9.17) is 4.74 Å². The van der Waals surface area contributed by atoms with E-state index in [1.165, 1.54) is 0 Å². The minimum absolute atomic E-state index is 0.130. The van der Waals surface area contributed by atoms with Gasteiger partial charge in [-0.05, 0) is 55.3 Å². The van der Waals surface area contributed by atoms with Crippen molar-refractivity contribution in [3.63, 3.8) is 0 Å².